The molecule has 0 aliphatic heterocycles. The van der Waals surface area contributed by atoms with Gasteiger partial charge in [-0.15, -0.1) is 6.58 Å². The highest BCUT2D eigenvalue weighted by atomic mass is 79.9. The molecule has 0 bridgehead atoms. The summed E-state index contributed by atoms with van der Waals surface area (Å²) < 4.78 is 1.06. The highest BCUT2D eigenvalue weighted by Crippen LogP contribution is 2.26. The maximum atomic E-state index is 5.84. The van der Waals surface area contributed by atoms with Crippen molar-refractivity contribution in [1.29, 1.82) is 0 Å². The minimum absolute atomic E-state index is 0.0538. The van der Waals surface area contributed by atoms with Crippen molar-refractivity contribution >= 4 is 21.6 Å². The van der Waals surface area contributed by atoms with Gasteiger partial charge in [0.25, 0.3) is 0 Å². The zero-order chi connectivity index (χ0) is 11.4. The van der Waals surface area contributed by atoms with Crippen LogP contribution in [0, 0.1) is 0 Å². The number of halogens is 1. The topological polar surface area (TPSA) is 29.3 Å². The van der Waals surface area contributed by atoms with Gasteiger partial charge in [0.2, 0.25) is 0 Å². The minimum Gasteiger partial charge on any atom is -0.371 e. The molecule has 0 radical (unpaired) electrons. The number of likely N-dealkylation sites (N-methyl/N-ethyl adjacent to an activating group) is 1. The third-order valence-electron chi connectivity index (χ3n) is 2.32. The first kappa shape index (κ1) is 12.3. The lowest BCUT2D eigenvalue weighted by atomic mass is 10.1. The summed E-state index contributed by atoms with van der Waals surface area (Å²) in [7, 11) is 2.04. The van der Waals surface area contributed by atoms with E-state index in [0.717, 1.165) is 22.3 Å². The fourth-order valence-electron chi connectivity index (χ4n) is 1.42. The molecule has 1 aromatic rings. The van der Waals surface area contributed by atoms with Crippen LogP contribution in [0.1, 0.15) is 18.5 Å². The summed E-state index contributed by atoms with van der Waals surface area (Å²) in [5.74, 6) is 0. The Morgan fingerprint density at radius 2 is 2.27 bits per heavy atom. The Labute approximate surface area is 99.9 Å². The molecule has 2 nitrogen and oxygen atoms in total. The predicted molar refractivity (Wildman–Crippen MR) is 70.2 cm³/mol. The van der Waals surface area contributed by atoms with Crippen LogP contribution in [0.3, 0.4) is 0 Å². The third kappa shape index (κ3) is 3.08. The number of rotatable bonds is 4. The van der Waals surface area contributed by atoms with Gasteiger partial charge in [-0.3, -0.25) is 0 Å². The average Bonchev–Trinajstić information content (AvgIpc) is 2.17. The highest BCUT2D eigenvalue weighted by molar-refractivity contribution is 9.10. The van der Waals surface area contributed by atoms with Crippen LogP contribution in [0.25, 0.3) is 0 Å². The quantitative estimate of drug-likeness (QED) is 0.851. The lowest BCUT2D eigenvalue weighted by Gasteiger charge is -2.19. The van der Waals surface area contributed by atoms with E-state index in [1.165, 1.54) is 0 Å². The van der Waals surface area contributed by atoms with Gasteiger partial charge < -0.3 is 10.6 Å². The van der Waals surface area contributed by atoms with Gasteiger partial charge >= 0.3 is 0 Å². The third-order valence-corrected chi connectivity index (χ3v) is 3.01. The Morgan fingerprint density at radius 3 is 2.73 bits per heavy atom. The lowest BCUT2D eigenvalue weighted by molar-refractivity contribution is 0.812. The van der Waals surface area contributed by atoms with Crippen LogP contribution in [0.4, 0.5) is 5.69 Å². The molecule has 1 atom stereocenters. The van der Waals surface area contributed by atoms with E-state index in [-0.39, 0.29) is 6.04 Å². The van der Waals surface area contributed by atoms with Crippen LogP contribution in [0.5, 0.6) is 0 Å². The maximum Gasteiger partial charge on any atom is 0.0377 e. The van der Waals surface area contributed by atoms with Crippen LogP contribution in [-0.4, -0.2) is 13.6 Å². The standard InChI is InChI=1S/C12H17BrN2/c1-4-7-15(3)10-5-6-11(9(2)14)12(13)8-10/h4-6,8-9H,1,7,14H2,2-3H3/t9-/m1/s1. The predicted octanol–water partition coefficient (Wildman–Crippen LogP) is 3.09. The molecular formula is C12H17BrN2. The van der Waals surface area contributed by atoms with Crippen LogP contribution < -0.4 is 10.6 Å². The van der Waals surface area contributed by atoms with E-state index in [1.807, 2.05) is 20.0 Å². The average molecular weight is 269 g/mol. The second-order valence-corrected chi connectivity index (χ2v) is 4.52. The molecule has 0 unspecified atom stereocenters. The monoisotopic (exact) mass is 268 g/mol. The molecule has 0 heterocycles. The zero-order valence-corrected chi connectivity index (χ0v) is 10.8. The van der Waals surface area contributed by atoms with Crippen molar-refractivity contribution in [2.45, 2.75) is 13.0 Å². The van der Waals surface area contributed by atoms with Crippen LogP contribution in [0.2, 0.25) is 0 Å². The van der Waals surface area contributed by atoms with Crippen molar-refractivity contribution in [1.82, 2.24) is 0 Å². The maximum absolute atomic E-state index is 5.84. The van der Waals surface area contributed by atoms with E-state index in [9.17, 15) is 0 Å². The lowest BCUT2D eigenvalue weighted by Crippen LogP contribution is -2.16. The summed E-state index contributed by atoms with van der Waals surface area (Å²) in [5, 5.41) is 0. The molecule has 3 heteroatoms. The summed E-state index contributed by atoms with van der Waals surface area (Å²) in [6, 6.07) is 6.27. The molecule has 1 rings (SSSR count). The molecule has 0 aliphatic rings. The Bertz CT molecular complexity index is 347. The second kappa shape index (κ2) is 5.33. The van der Waals surface area contributed by atoms with E-state index in [1.54, 1.807) is 0 Å². The van der Waals surface area contributed by atoms with Gasteiger partial charge in [-0.05, 0) is 24.6 Å². The van der Waals surface area contributed by atoms with Crippen molar-refractivity contribution in [2.75, 3.05) is 18.5 Å². The zero-order valence-electron chi connectivity index (χ0n) is 9.20. The van der Waals surface area contributed by atoms with Crippen molar-refractivity contribution < 1.29 is 0 Å². The highest BCUT2D eigenvalue weighted by Gasteiger charge is 2.07. The van der Waals surface area contributed by atoms with Gasteiger partial charge in [-0.25, -0.2) is 0 Å². The largest absolute Gasteiger partial charge is 0.371 e. The summed E-state index contributed by atoms with van der Waals surface area (Å²) >= 11 is 3.53. The number of benzene rings is 1. The van der Waals surface area contributed by atoms with E-state index in [2.05, 4.69) is 45.6 Å². The van der Waals surface area contributed by atoms with Gasteiger partial charge in [0.05, 0.1) is 0 Å². The van der Waals surface area contributed by atoms with Crippen molar-refractivity contribution in [2.24, 2.45) is 5.73 Å². The van der Waals surface area contributed by atoms with Gasteiger partial charge in [0, 0.05) is 29.8 Å². The summed E-state index contributed by atoms with van der Waals surface area (Å²) in [5.41, 5.74) is 8.13. The van der Waals surface area contributed by atoms with E-state index in [0.29, 0.717) is 0 Å². The molecule has 0 amide bonds. The molecule has 1 aromatic carbocycles. The first-order chi connectivity index (χ1) is 7.06. The molecule has 15 heavy (non-hydrogen) atoms. The first-order valence-corrected chi connectivity index (χ1v) is 5.72. The Morgan fingerprint density at radius 1 is 1.60 bits per heavy atom. The van der Waals surface area contributed by atoms with E-state index >= 15 is 0 Å². The molecule has 0 fully saturated rings. The van der Waals surface area contributed by atoms with E-state index < -0.39 is 0 Å². The minimum atomic E-state index is 0.0538. The molecule has 0 saturated heterocycles. The molecule has 0 spiro atoms. The van der Waals surface area contributed by atoms with Gasteiger partial charge in [0.15, 0.2) is 0 Å². The molecule has 82 valence electrons. The fourth-order valence-corrected chi connectivity index (χ4v) is 2.15. The SMILES string of the molecule is C=CCN(C)c1ccc([C@@H](C)N)c(Br)c1. The Kier molecular flexibility index (Phi) is 4.36. The number of hydrogen-bond acceptors (Lipinski definition) is 2. The number of hydrogen-bond donors (Lipinski definition) is 1. The molecule has 2 N–H and O–H groups in total. The Hall–Kier alpha value is -0.800. The molecule has 0 aliphatic carbocycles. The van der Waals surface area contributed by atoms with Crippen molar-refractivity contribution in [3.8, 4) is 0 Å². The van der Waals surface area contributed by atoms with Gasteiger partial charge in [0.1, 0.15) is 0 Å². The number of anilines is 1. The van der Waals surface area contributed by atoms with Gasteiger partial charge in [-0.1, -0.05) is 28.1 Å². The fraction of sp³-hybridized carbons (Fsp3) is 0.333. The van der Waals surface area contributed by atoms with Crippen molar-refractivity contribution in [3.05, 3.63) is 40.9 Å². The summed E-state index contributed by atoms with van der Waals surface area (Å²) in [6.07, 6.45) is 1.88. The second-order valence-electron chi connectivity index (χ2n) is 3.66. The van der Waals surface area contributed by atoms with Crippen LogP contribution in [0.15, 0.2) is 35.3 Å². The van der Waals surface area contributed by atoms with Crippen LogP contribution in [-0.2, 0) is 0 Å². The normalized spacial score (nSPS) is 12.3. The Balaban J connectivity index is 2.95. The molecular weight excluding hydrogens is 252 g/mol. The number of nitrogens with zero attached hydrogens (tertiary/aromatic N) is 1. The van der Waals surface area contributed by atoms with Crippen LogP contribution >= 0.6 is 15.9 Å². The molecule has 0 saturated carbocycles. The summed E-state index contributed by atoms with van der Waals surface area (Å²) in [6.45, 7) is 6.54. The smallest absolute Gasteiger partial charge is 0.0377 e. The van der Waals surface area contributed by atoms with Crippen molar-refractivity contribution in [3.63, 3.8) is 0 Å². The molecule has 0 aromatic heterocycles. The first-order valence-electron chi connectivity index (χ1n) is 4.93. The number of nitrogens with two attached hydrogens (primary N) is 1. The summed E-state index contributed by atoms with van der Waals surface area (Å²) in [4.78, 5) is 2.13. The van der Waals surface area contributed by atoms with Gasteiger partial charge in [-0.2, -0.15) is 0 Å². The van der Waals surface area contributed by atoms with E-state index in [4.69, 9.17) is 5.73 Å².